The number of amides is 2. The number of nitrogens with zero attached hydrogens (tertiary/aromatic N) is 3. The maximum absolute atomic E-state index is 13.8. The van der Waals surface area contributed by atoms with E-state index in [4.69, 9.17) is 9.47 Å². The summed E-state index contributed by atoms with van der Waals surface area (Å²) < 4.78 is 13.7. The van der Waals surface area contributed by atoms with E-state index < -0.39 is 6.29 Å². The zero-order valence-corrected chi connectivity index (χ0v) is 31.3. The van der Waals surface area contributed by atoms with E-state index in [1.54, 1.807) is 0 Å². The molecular formula is C43H53N5O5. The fourth-order valence-corrected chi connectivity index (χ4v) is 8.40. The van der Waals surface area contributed by atoms with Crippen molar-refractivity contribution in [3.05, 3.63) is 107 Å². The van der Waals surface area contributed by atoms with Gasteiger partial charge in [0.15, 0.2) is 6.29 Å². The molecule has 10 nitrogen and oxygen atoms in total. The number of likely N-dealkylation sites (tertiary alicyclic amines) is 1. The molecule has 1 saturated carbocycles. The number of rotatable bonds is 9. The van der Waals surface area contributed by atoms with Crippen LogP contribution in [0.3, 0.4) is 0 Å². The molecule has 0 spiro atoms. The highest BCUT2D eigenvalue weighted by molar-refractivity contribution is 5.93. The van der Waals surface area contributed by atoms with Gasteiger partial charge in [0.2, 0.25) is 5.91 Å². The van der Waals surface area contributed by atoms with Gasteiger partial charge < -0.3 is 25.2 Å². The molecule has 10 heteroatoms. The minimum atomic E-state index is -0.635. The van der Waals surface area contributed by atoms with Crippen molar-refractivity contribution in [3.8, 4) is 0 Å². The highest BCUT2D eigenvalue weighted by atomic mass is 16.7. The normalized spacial score (nSPS) is 26.5. The van der Waals surface area contributed by atoms with Crippen molar-refractivity contribution in [1.29, 1.82) is 0 Å². The minimum absolute atomic E-state index is 0.00536. The van der Waals surface area contributed by atoms with Crippen LogP contribution in [-0.4, -0.2) is 62.1 Å². The second-order valence-corrected chi connectivity index (χ2v) is 16.1. The number of benzene rings is 3. The number of carbonyl (C=O) groups excluding carboxylic acids is 2. The molecule has 2 amide bonds. The van der Waals surface area contributed by atoms with Crippen molar-refractivity contribution in [2.24, 2.45) is 11.8 Å². The van der Waals surface area contributed by atoms with Gasteiger partial charge in [0.1, 0.15) is 5.69 Å². The molecule has 4 aromatic rings. The van der Waals surface area contributed by atoms with E-state index >= 15 is 0 Å². The van der Waals surface area contributed by atoms with Crippen LogP contribution in [0.2, 0.25) is 0 Å². The predicted octanol–water partition coefficient (Wildman–Crippen LogP) is 6.78. The van der Waals surface area contributed by atoms with Crippen molar-refractivity contribution in [1.82, 2.24) is 25.5 Å². The number of aliphatic hydroxyl groups excluding tert-OH is 1. The number of ether oxygens (including phenoxy) is 2. The third-order valence-corrected chi connectivity index (χ3v) is 11.2. The lowest BCUT2D eigenvalue weighted by Gasteiger charge is -2.51. The first-order chi connectivity index (χ1) is 25.6. The molecule has 53 heavy (non-hydrogen) atoms. The molecule has 280 valence electrons. The summed E-state index contributed by atoms with van der Waals surface area (Å²) >= 11 is 0. The average molecular weight is 720 g/mol. The summed E-state index contributed by atoms with van der Waals surface area (Å²) in [6.45, 7) is 9.26. The molecule has 1 aromatic heterocycles. The van der Waals surface area contributed by atoms with Gasteiger partial charge in [-0.25, -0.2) is 4.98 Å². The number of hydrogen-bond donors (Lipinski definition) is 3. The Morgan fingerprint density at radius 2 is 1.57 bits per heavy atom. The van der Waals surface area contributed by atoms with Gasteiger partial charge >= 0.3 is 0 Å². The summed E-state index contributed by atoms with van der Waals surface area (Å²) in [7, 11) is 0. The highest BCUT2D eigenvalue weighted by Crippen LogP contribution is 2.44. The van der Waals surface area contributed by atoms with E-state index in [2.05, 4.69) is 32.4 Å². The SMILES string of the molecule is CC1C(CN2C(C(=O)NC(C)(C)C)CCC3CCCCC32)OC(c2ccc(CNC(=O)c3cnc4ccccc4n3)cc2)OC1c1ccc(CO)cc1. The standard InChI is InChI=1S/C43H53N5O5/c1-27-38(25-48-36-12-8-5-9-30(36)21-22-37(48)41(51)47-43(2,3)4)52-42(53-39(27)31-17-15-29(26-49)16-18-31)32-19-13-28(14-20-32)23-45-40(50)35-24-44-33-10-6-7-11-34(33)46-35/h6-7,10-11,13-20,24,27,30,36-39,42,49H,5,8-9,12,21-23,25-26H2,1-4H3,(H,45,50)(H,47,51). The van der Waals surface area contributed by atoms with Gasteiger partial charge in [-0.1, -0.05) is 80.4 Å². The summed E-state index contributed by atoms with van der Waals surface area (Å²) in [5, 5.41) is 16.0. The largest absolute Gasteiger partial charge is 0.392 e. The Labute approximate surface area is 312 Å². The van der Waals surface area contributed by atoms with Gasteiger partial charge in [0.05, 0.1) is 42.1 Å². The first-order valence-electron chi connectivity index (χ1n) is 19.2. The van der Waals surface area contributed by atoms with Crippen molar-refractivity contribution in [2.45, 2.75) is 115 Å². The summed E-state index contributed by atoms with van der Waals surface area (Å²) in [5.74, 6) is 0.403. The Morgan fingerprint density at radius 3 is 2.30 bits per heavy atom. The fourth-order valence-electron chi connectivity index (χ4n) is 8.40. The lowest BCUT2D eigenvalue weighted by molar-refractivity contribution is -0.278. The summed E-state index contributed by atoms with van der Waals surface area (Å²) in [6.07, 6.45) is 7.08. The highest BCUT2D eigenvalue weighted by Gasteiger charge is 2.46. The van der Waals surface area contributed by atoms with Gasteiger partial charge in [-0.05, 0) is 81.2 Å². The van der Waals surface area contributed by atoms with E-state index in [1.165, 1.54) is 25.5 Å². The van der Waals surface area contributed by atoms with Crippen LogP contribution in [0, 0.1) is 11.8 Å². The van der Waals surface area contributed by atoms with E-state index in [1.807, 2.05) is 93.6 Å². The molecule has 2 saturated heterocycles. The molecule has 3 aliphatic rings. The number of fused-ring (bicyclic) bond motifs is 2. The molecular weight excluding hydrogens is 667 g/mol. The van der Waals surface area contributed by atoms with Gasteiger partial charge in [-0.15, -0.1) is 0 Å². The predicted molar refractivity (Wildman–Crippen MR) is 203 cm³/mol. The first kappa shape index (κ1) is 37.1. The molecule has 3 aromatic carbocycles. The fraction of sp³-hybridized carbons (Fsp3) is 0.488. The van der Waals surface area contributed by atoms with E-state index in [-0.39, 0.29) is 53.8 Å². The monoisotopic (exact) mass is 719 g/mol. The van der Waals surface area contributed by atoms with Gasteiger partial charge in [0, 0.05) is 36.2 Å². The molecule has 3 heterocycles. The maximum Gasteiger partial charge on any atom is 0.271 e. The quantitative estimate of drug-likeness (QED) is 0.173. The first-order valence-corrected chi connectivity index (χ1v) is 19.2. The Kier molecular flexibility index (Phi) is 11.2. The lowest BCUT2D eigenvalue weighted by atomic mass is 9.75. The van der Waals surface area contributed by atoms with Crippen LogP contribution < -0.4 is 10.6 Å². The Bertz CT molecular complexity index is 1880. The number of aromatic nitrogens is 2. The second-order valence-electron chi connectivity index (χ2n) is 16.1. The van der Waals surface area contributed by atoms with Gasteiger partial charge in [-0.2, -0.15) is 0 Å². The number of para-hydroxylation sites is 2. The zero-order valence-electron chi connectivity index (χ0n) is 31.3. The number of carbonyl (C=O) groups is 2. The molecule has 7 atom stereocenters. The number of hydrogen-bond acceptors (Lipinski definition) is 8. The van der Waals surface area contributed by atoms with Crippen molar-refractivity contribution in [3.63, 3.8) is 0 Å². The zero-order chi connectivity index (χ0) is 37.1. The number of piperidine rings is 1. The third kappa shape index (κ3) is 8.62. The van der Waals surface area contributed by atoms with Gasteiger partial charge in [-0.3, -0.25) is 19.5 Å². The van der Waals surface area contributed by atoms with Crippen molar-refractivity contribution >= 4 is 22.8 Å². The number of aliphatic hydroxyl groups is 1. The molecule has 3 N–H and O–H groups in total. The Morgan fingerprint density at radius 1 is 0.868 bits per heavy atom. The van der Waals surface area contributed by atoms with Crippen LogP contribution in [0.15, 0.2) is 79.0 Å². The van der Waals surface area contributed by atoms with E-state index in [0.717, 1.165) is 47.0 Å². The van der Waals surface area contributed by atoms with Crippen molar-refractivity contribution in [2.75, 3.05) is 6.54 Å². The van der Waals surface area contributed by atoms with Crippen LogP contribution >= 0.6 is 0 Å². The summed E-state index contributed by atoms with van der Waals surface area (Å²) in [5.41, 5.74) is 5.06. The molecule has 7 rings (SSSR count). The molecule has 0 radical (unpaired) electrons. The summed E-state index contributed by atoms with van der Waals surface area (Å²) in [4.78, 5) is 38.1. The molecule has 0 bridgehead atoms. The number of nitrogens with one attached hydrogen (secondary N) is 2. The van der Waals surface area contributed by atoms with Crippen LogP contribution in [0.4, 0.5) is 0 Å². The lowest BCUT2D eigenvalue weighted by Crippen LogP contribution is -2.61. The van der Waals surface area contributed by atoms with E-state index in [9.17, 15) is 14.7 Å². The maximum atomic E-state index is 13.8. The van der Waals surface area contributed by atoms with Crippen molar-refractivity contribution < 1.29 is 24.2 Å². The molecule has 7 unspecified atom stereocenters. The Hall–Kier alpha value is -4.22. The topological polar surface area (TPSA) is 126 Å². The van der Waals surface area contributed by atoms with Crippen LogP contribution in [0.25, 0.3) is 11.0 Å². The van der Waals surface area contributed by atoms with Crippen LogP contribution in [-0.2, 0) is 27.4 Å². The van der Waals surface area contributed by atoms with E-state index in [0.29, 0.717) is 30.6 Å². The van der Waals surface area contributed by atoms with Crippen LogP contribution in [0.5, 0.6) is 0 Å². The minimum Gasteiger partial charge on any atom is -0.392 e. The average Bonchev–Trinajstić information content (AvgIpc) is 3.17. The third-order valence-electron chi connectivity index (χ3n) is 11.2. The Balaban J connectivity index is 1.11. The van der Waals surface area contributed by atoms with Crippen LogP contribution in [0.1, 0.15) is 111 Å². The molecule has 1 aliphatic carbocycles. The molecule has 3 fully saturated rings. The van der Waals surface area contributed by atoms with Gasteiger partial charge in [0.25, 0.3) is 5.91 Å². The smallest absolute Gasteiger partial charge is 0.271 e. The second kappa shape index (κ2) is 16.0. The summed E-state index contributed by atoms with van der Waals surface area (Å²) in [6, 6.07) is 23.6. The molecule has 2 aliphatic heterocycles.